The Labute approximate surface area is 168 Å². The molecule has 0 aliphatic carbocycles. The van der Waals surface area contributed by atoms with Crippen LogP contribution in [0.2, 0.25) is 0 Å². The summed E-state index contributed by atoms with van der Waals surface area (Å²) in [4.78, 5) is 17.6. The summed E-state index contributed by atoms with van der Waals surface area (Å²) in [6.07, 6.45) is 2.21. The van der Waals surface area contributed by atoms with E-state index in [-0.39, 0.29) is 12.5 Å². The molecule has 2 aromatic carbocycles. The van der Waals surface area contributed by atoms with Crippen LogP contribution in [0.3, 0.4) is 0 Å². The molecule has 6 heteroatoms. The maximum absolute atomic E-state index is 12.8. The number of hydrogen-bond donors (Lipinski definition) is 2. The first-order valence-electron chi connectivity index (χ1n) is 9.61. The lowest BCUT2D eigenvalue weighted by molar-refractivity contribution is 0.0953. The number of pyridine rings is 1. The number of aliphatic hydroxyl groups excluding tert-OH is 1. The predicted molar refractivity (Wildman–Crippen MR) is 113 cm³/mol. The van der Waals surface area contributed by atoms with Gasteiger partial charge in [-0.2, -0.15) is 5.10 Å². The van der Waals surface area contributed by atoms with E-state index in [0.29, 0.717) is 36.1 Å². The second kappa shape index (κ2) is 8.67. The zero-order chi connectivity index (χ0) is 20.1. The van der Waals surface area contributed by atoms with Crippen molar-refractivity contribution in [3.63, 3.8) is 0 Å². The second-order valence-corrected chi connectivity index (χ2v) is 6.78. The fourth-order valence-electron chi connectivity index (χ4n) is 3.24. The fourth-order valence-corrected chi connectivity index (χ4v) is 3.24. The molecule has 0 atom stereocenters. The fraction of sp³-hybridized carbons (Fsp3) is 0.174. The highest BCUT2D eigenvalue weighted by Gasteiger charge is 2.17. The number of aromatic nitrogens is 3. The minimum atomic E-state index is -0.192. The molecular formula is C23H22N4O2. The minimum absolute atomic E-state index is 0.0380. The summed E-state index contributed by atoms with van der Waals surface area (Å²) in [5.41, 5.74) is 3.97. The third-order valence-electron chi connectivity index (χ3n) is 4.72. The van der Waals surface area contributed by atoms with Gasteiger partial charge in [0, 0.05) is 18.7 Å². The molecule has 0 bridgehead atoms. The van der Waals surface area contributed by atoms with Crippen molar-refractivity contribution < 1.29 is 9.90 Å². The average molecular weight is 386 g/mol. The van der Waals surface area contributed by atoms with E-state index in [1.165, 1.54) is 0 Å². The molecule has 146 valence electrons. The van der Waals surface area contributed by atoms with Gasteiger partial charge in [0.05, 0.1) is 29.4 Å². The van der Waals surface area contributed by atoms with Gasteiger partial charge in [-0.3, -0.25) is 4.79 Å². The molecular weight excluding hydrogens is 364 g/mol. The zero-order valence-electron chi connectivity index (χ0n) is 16.0. The quantitative estimate of drug-likeness (QED) is 0.478. The number of aliphatic hydroxyl groups is 1. The molecule has 0 saturated carbocycles. The van der Waals surface area contributed by atoms with E-state index in [9.17, 15) is 4.79 Å². The van der Waals surface area contributed by atoms with Gasteiger partial charge in [0.25, 0.3) is 5.91 Å². The van der Waals surface area contributed by atoms with Gasteiger partial charge in [-0.25, -0.2) is 9.67 Å². The molecule has 2 aromatic heterocycles. The number of nitrogens with one attached hydrogen (secondary N) is 1. The number of carbonyl (C=O) groups is 1. The molecule has 2 N–H and O–H groups in total. The highest BCUT2D eigenvalue weighted by Crippen LogP contribution is 2.25. The van der Waals surface area contributed by atoms with Crippen LogP contribution < -0.4 is 5.32 Å². The van der Waals surface area contributed by atoms with Crippen molar-refractivity contribution in [1.82, 2.24) is 20.1 Å². The van der Waals surface area contributed by atoms with E-state index in [1.54, 1.807) is 12.3 Å². The zero-order valence-corrected chi connectivity index (χ0v) is 16.0. The maximum Gasteiger partial charge on any atom is 0.252 e. The molecule has 2 heterocycles. The molecule has 0 saturated heterocycles. The van der Waals surface area contributed by atoms with Crippen molar-refractivity contribution in [3.8, 4) is 11.3 Å². The van der Waals surface area contributed by atoms with Crippen molar-refractivity contribution in [2.45, 2.75) is 13.0 Å². The topological polar surface area (TPSA) is 80.0 Å². The van der Waals surface area contributed by atoms with Gasteiger partial charge in [0.1, 0.15) is 0 Å². The summed E-state index contributed by atoms with van der Waals surface area (Å²) in [7, 11) is 0. The van der Waals surface area contributed by atoms with Gasteiger partial charge in [-0.05, 0) is 18.1 Å². The Bertz CT molecular complexity index is 1110. The lowest BCUT2D eigenvalue weighted by Gasteiger charge is -2.10. The van der Waals surface area contributed by atoms with Gasteiger partial charge in [0.2, 0.25) is 0 Å². The van der Waals surface area contributed by atoms with E-state index in [1.807, 2.05) is 65.3 Å². The third kappa shape index (κ3) is 4.17. The number of fused-ring (bicyclic) bond motifs is 1. The normalized spacial score (nSPS) is 10.9. The second-order valence-electron chi connectivity index (χ2n) is 6.78. The molecule has 0 aliphatic heterocycles. The number of nitrogens with zero attached hydrogens (tertiary/aromatic N) is 3. The molecule has 4 rings (SSSR count). The van der Waals surface area contributed by atoms with Gasteiger partial charge in [0.15, 0.2) is 5.65 Å². The number of amides is 1. The molecule has 0 unspecified atom stereocenters. The largest absolute Gasteiger partial charge is 0.396 e. The molecule has 0 fully saturated rings. The first kappa shape index (κ1) is 18.8. The summed E-state index contributed by atoms with van der Waals surface area (Å²) in [6, 6.07) is 21.6. The van der Waals surface area contributed by atoms with Gasteiger partial charge >= 0.3 is 0 Å². The number of hydrogen-bond acceptors (Lipinski definition) is 4. The maximum atomic E-state index is 12.8. The molecule has 29 heavy (non-hydrogen) atoms. The van der Waals surface area contributed by atoms with E-state index >= 15 is 0 Å². The van der Waals surface area contributed by atoms with Gasteiger partial charge < -0.3 is 10.4 Å². The van der Waals surface area contributed by atoms with E-state index in [4.69, 9.17) is 10.1 Å². The van der Waals surface area contributed by atoms with Crippen molar-refractivity contribution in [2.75, 3.05) is 13.2 Å². The SMILES string of the molecule is O=C(NCCCO)c1cc(-c2ccccc2)nc2c1cnn2Cc1ccccc1. The Kier molecular flexibility index (Phi) is 5.63. The van der Waals surface area contributed by atoms with E-state index < -0.39 is 0 Å². The van der Waals surface area contributed by atoms with E-state index in [0.717, 1.165) is 16.8 Å². The summed E-state index contributed by atoms with van der Waals surface area (Å²) >= 11 is 0. The highest BCUT2D eigenvalue weighted by molar-refractivity contribution is 6.06. The third-order valence-corrected chi connectivity index (χ3v) is 4.72. The molecule has 6 nitrogen and oxygen atoms in total. The first-order chi connectivity index (χ1) is 14.3. The lowest BCUT2D eigenvalue weighted by Crippen LogP contribution is -2.25. The molecule has 0 aliphatic rings. The van der Waals surface area contributed by atoms with Crippen molar-refractivity contribution in [3.05, 3.63) is 84.1 Å². The van der Waals surface area contributed by atoms with E-state index in [2.05, 4.69) is 10.4 Å². The summed E-state index contributed by atoms with van der Waals surface area (Å²) in [6.45, 7) is 1.02. The van der Waals surface area contributed by atoms with Gasteiger partial charge in [-0.1, -0.05) is 60.7 Å². The minimum Gasteiger partial charge on any atom is -0.396 e. The molecule has 0 radical (unpaired) electrons. The van der Waals surface area contributed by atoms with Crippen LogP contribution >= 0.6 is 0 Å². The number of carbonyl (C=O) groups excluding carboxylic acids is 1. The summed E-state index contributed by atoms with van der Waals surface area (Å²) in [5.74, 6) is -0.192. The predicted octanol–water partition coefficient (Wildman–Crippen LogP) is 3.26. The van der Waals surface area contributed by atoms with Crippen molar-refractivity contribution >= 4 is 16.9 Å². The van der Waals surface area contributed by atoms with Crippen LogP contribution in [0.15, 0.2) is 72.9 Å². The van der Waals surface area contributed by atoms with Crippen LogP contribution in [-0.2, 0) is 6.54 Å². The Morgan fingerprint density at radius 2 is 1.76 bits per heavy atom. The molecule has 0 spiro atoms. The van der Waals surface area contributed by atoms with Crippen molar-refractivity contribution in [1.29, 1.82) is 0 Å². The lowest BCUT2D eigenvalue weighted by atomic mass is 10.1. The van der Waals surface area contributed by atoms with Crippen LogP contribution in [0.5, 0.6) is 0 Å². The van der Waals surface area contributed by atoms with Crippen LogP contribution in [0.4, 0.5) is 0 Å². The number of benzene rings is 2. The first-order valence-corrected chi connectivity index (χ1v) is 9.61. The highest BCUT2D eigenvalue weighted by atomic mass is 16.3. The number of rotatable bonds is 7. The van der Waals surface area contributed by atoms with Gasteiger partial charge in [-0.15, -0.1) is 0 Å². The van der Waals surface area contributed by atoms with Crippen molar-refractivity contribution in [2.24, 2.45) is 0 Å². The Balaban J connectivity index is 1.79. The van der Waals surface area contributed by atoms with Crippen LogP contribution in [0.1, 0.15) is 22.3 Å². The summed E-state index contributed by atoms with van der Waals surface area (Å²) in [5, 5.41) is 17.1. The molecule has 1 amide bonds. The standard InChI is InChI=1S/C23H22N4O2/c28-13-7-12-24-23(29)19-14-21(18-10-5-2-6-11-18)26-22-20(19)15-25-27(22)16-17-8-3-1-4-9-17/h1-6,8-11,14-15,28H,7,12-13,16H2,(H,24,29). The Morgan fingerprint density at radius 3 is 2.48 bits per heavy atom. The van der Waals surface area contributed by atoms with Crippen LogP contribution in [0, 0.1) is 0 Å². The van der Waals surface area contributed by atoms with Crippen LogP contribution in [0.25, 0.3) is 22.3 Å². The summed E-state index contributed by atoms with van der Waals surface area (Å²) < 4.78 is 1.82. The van der Waals surface area contributed by atoms with Crippen LogP contribution in [-0.4, -0.2) is 38.9 Å². The monoisotopic (exact) mass is 386 g/mol. The smallest absolute Gasteiger partial charge is 0.252 e. The average Bonchev–Trinajstić information content (AvgIpc) is 3.17. The Morgan fingerprint density at radius 1 is 1.03 bits per heavy atom. The molecule has 4 aromatic rings. The Hall–Kier alpha value is -3.51.